The molecule has 1 fully saturated rings. The first kappa shape index (κ1) is 33.4. The summed E-state index contributed by atoms with van der Waals surface area (Å²) in [5, 5.41) is 0. The van der Waals surface area contributed by atoms with Gasteiger partial charge in [0.25, 0.3) is 11.8 Å². The van der Waals surface area contributed by atoms with Crippen LogP contribution in [0.25, 0.3) is 11.1 Å². The Labute approximate surface area is 255 Å². The van der Waals surface area contributed by atoms with Gasteiger partial charge in [0.05, 0.1) is 6.10 Å². The highest BCUT2D eigenvalue weighted by molar-refractivity contribution is 5.65. The summed E-state index contributed by atoms with van der Waals surface area (Å²) in [5.41, 5.74) is 1.81. The Morgan fingerprint density at radius 2 is 1.27 bits per heavy atom. The van der Waals surface area contributed by atoms with Crippen molar-refractivity contribution in [2.45, 2.75) is 69.3 Å². The third-order valence-electron chi connectivity index (χ3n) is 7.92. The lowest BCUT2D eigenvalue weighted by atomic mass is 9.87. The molecule has 3 aromatic carbocycles. The molecule has 3 aromatic rings. The van der Waals surface area contributed by atoms with E-state index in [9.17, 15) is 26.3 Å². The van der Waals surface area contributed by atoms with Crippen molar-refractivity contribution in [2.24, 2.45) is 5.92 Å². The smallest absolute Gasteiger partial charge is 0.285 e. The first-order valence-corrected chi connectivity index (χ1v) is 14.9. The van der Waals surface area contributed by atoms with Gasteiger partial charge >= 0.3 is 0 Å². The molecule has 0 spiro atoms. The van der Waals surface area contributed by atoms with Crippen molar-refractivity contribution in [3.63, 3.8) is 0 Å². The highest BCUT2D eigenvalue weighted by Gasteiger charge is 2.33. The van der Waals surface area contributed by atoms with Gasteiger partial charge in [-0.2, -0.15) is 4.39 Å². The van der Waals surface area contributed by atoms with E-state index in [2.05, 4.69) is 13.2 Å². The van der Waals surface area contributed by atoms with Crippen molar-refractivity contribution in [2.75, 3.05) is 13.2 Å². The Morgan fingerprint density at radius 3 is 1.86 bits per heavy atom. The third-order valence-corrected chi connectivity index (χ3v) is 7.92. The second-order valence-electron chi connectivity index (χ2n) is 11.5. The Kier molecular flexibility index (Phi) is 11.4. The molecule has 1 aliphatic carbocycles. The number of hydrogen-bond donors (Lipinski definition) is 0. The molecule has 2 nitrogen and oxygen atoms in total. The first-order chi connectivity index (χ1) is 21.0. The molecule has 44 heavy (non-hydrogen) atoms. The van der Waals surface area contributed by atoms with Gasteiger partial charge in [0, 0.05) is 18.4 Å². The van der Waals surface area contributed by atoms with E-state index in [1.54, 1.807) is 30.3 Å². The van der Waals surface area contributed by atoms with Crippen molar-refractivity contribution in [1.82, 2.24) is 0 Å². The zero-order chi connectivity index (χ0) is 31.7. The normalized spacial score (nSPS) is 17.3. The third kappa shape index (κ3) is 9.49. The van der Waals surface area contributed by atoms with E-state index in [1.165, 1.54) is 30.3 Å². The fraction of sp³-hybridized carbons (Fsp3) is 0.389. The van der Waals surface area contributed by atoms with Crippen LogP contribution < -0.4 is 4.74 Å². The van der Waals surface area contributed by atoms with Crippen molar-refractivity contribution >= 4 is 0 Å². The quantitative estimate of drug-likeness (QED) is 0.125. The lowest BCUT2D eigenvalue weighted by Gasteiger charge is -2.28. The molecule has 236 valence electrons. The van der Waals surface area contributed by atoms with Crippen LogP contribution in [0.5, 0.6) is 5.75 Å². The summed E-state index contributed by atoms with van der Waals surface area (Å²) >= 11 is 0. The maximum Gasteiger partial charge on any atom is 0.285 e. The van der Waals surface area contributed by atoms with Crippen LogP contribution in [0.15, 0.2) is 86.0 Å². The van der Waals surface area contributed by atoms with E-state index < -0.39 is 55.3 Å². The van der Waals surface area contributed by atoms with Crippen LogP contribution in [0, 0.1) is 17.6 Å². The fourth-order valence-corrected chi connectivity index (χ4v) is 5.37. The van der Waals surface area contributed by atoms with Crippen LogP contribution in [0.1, 0.15) is 48.8 Å². The second-order valence-corrected chi connectivity index (χ2v) is 11.5. The van der Waals surface area contributed by atoms with E-state index in [1.807, 2.05) is 6.08 Å². The molecule has 0 atom stereocenters. The van der Waals surface area contributed by atoms with Gasteiger partial charge < -0.3 is 9.47 Å². The Morgan fingerprint density at radius 1 is 0.705 bits per heavy atom. The number of ether oxygens (including phenoxy) is 2. The maximum absolute atomic E-state index is 14.9. The summed E-state index contributed by atoms with van der Waals surface area (Å²) in [6.45, 7) is 5.61. The van der Waals surface area contributed by atoms with Crippen molar-refractivity contribution < 1.29 is 35.8 Å². The molecule has 8 heteroatoms. The van der Waals surface area contributed by atoms with E-state index >= 15 is 0 Å². The maximum atomic E-state index is 14.9. The number of aryl methyl sites for hydroxylation is 1. The molecule has 0 aliphatic heterocycles. The Bertz CT molecular complexity index is 1380. The molecule has 1 aliphatic rings. The predicted octanol–water partition coefficient (Wildman–Crippen LogP) is 9.95. The number of allylic oxidation sites excluding steroid dienone is 2. The number of rotatable bonds is 15. The summed E-state index contributed by atoms with van der Waals surface area (Å²) < 4.78 is 98.6. The molecular weight excluding hydrogens is 578 g/mol. The predicted molar refractivity (Wildman–Crippen MR) is 161 cm³/mol. The molecule has 0 radical (unpaired) electrons. The monoisotopic (exact) mass is 616 g/mol. The molecule has 0 heterocycles. The van der Waals surface area contributed by atoms with Gasteiger partial charge in [0.15, 0.2) is 18.2 Å². The van der Waals surface area contributed by atoms with E-state index in [0.717, 1.165) is 50.2 Å². The summed E-state index contributed by atoms with van der Waals surface area (Å²) in [4.78, 5) is 0. The molecule has 0 aromatic heterocycles. The molecule has 0 amide bonds. The highest BCUT2D eigenvalue weighted by Crippen LogP contribution is 2.33. The van der Waals surface area contributed by atoms with Crippen LogP contribution in [0.2, 0.25) is 0 Å². The molecular formula is C36H38F6O2. The van der Waals surface area contributed by atoms with Gasteiger partial charge in [-0.3, -0.25) is 0 Å². The lowest BCUT2D eigenvalue weighted by Crippen LogP contribution is -2.31. The van der Waals surface area contributed by atoms with Crippen molar-refractivity contribution in [3.8, 4) is 16.9 Å². The van der Waals surface area contributed by atoms with Gasteiger partial charge in [-0.1, -0.05) is 60.7 Å². The molecule has 1 saturated carbocycles. The van der Waals surface area contributed by atoms with Gasteiger partial charge in [-0.25, -0.2) is 22.0 Å². The second kappa shape index (κ2) is 15.0. The Balaban J connectivity index is 1.31. The van der Waals surface area contributed by atoms with Crippen LogP contribution in [0.3, 0.4) is 0 Å². The van der Waals surface area contributed by atoms with E-state index in [0.29, 0.717) is 17.0 Å². The summed E-state index contributed by atoms with van der Waals surface area (Å²) in [6, 6.07) is 14.7. The number of halogens is 6. The van der Waals surface area contributed by atoms with Crippen molar-refractivity contribution in [3.05, 3.63) is 114 Å². The number of benzene rings is 3. The minimum atomic E-state index is -3.32. The van der Waals surface area contributed by atoms with Crippen LogP contribution in [0.4, 0.5) is 26.3 Å². The van der Waals surface area contributed by atoms with Crippen LogP contribution >= 0.6 is 0 Å². The zero-order valence-corrected chi connectivity index (χ0v) is 24.7. The summed E-state index contributed by atoms with van der Waals surface area (Å²) in [5.74, 6) is -9.33. The summed E-state index contributed by atoms with van der Waals surface area (Å²) in [6.07, 6.45) is 7.05. The van der Waals surface area contributed by atoms with Gasteiger partial charge in [0.2, 0.25) is 5.82 Å². The fourth-order valence-electron chi connectivity index (χ4n) is 5.37. The minimum Gasteiger partial charge on any atom is -0.484 e. The summed E-state index contributed by atoms with van der Waals surface area (Å²) in [7, 11) is 0. The first-order valence-electron chi connectivity index (χ1n) is 14.9. The standard InChI is InChI=1S/C36H38F6O2/c1-3-5-6-26-7-9-27(10-8-26)21-36(41,42)24-44-32-20-19-31(33(37)34(32)38)29-15-11-28(12-16-29)22-35(39,40)23-43-30-17-13-25(4-2)14-18-30/h3-4,7-12,15-16,19-20,25,30H,1-2,5-6,13-14,17-18,21-24H2. The largest absolute Gasteiger partial charge is 0.484 e. The molecule has 0 N–H and O–H groups in total. The SMILES string of the molecule is C=CCCc1ccc(CC(F)(F)COc2ccc(-c3ccc(CC(F)(F)COC4CCC(C=C)CC4)cc3)c(F)c2F)cc1. The molecule has 4 rings (SSSR count). The average molecular weight is 617 g/mol. The van der Waals surface area contributed by atoms with E-state index in [-0.39, 0.29) is 17.2 Å². The zero-order valence-electron chi connectivity index (χ0n) is 24.7. The highest BCUT2D eigenvalue weighted by atomic mass is 19.3. The van der Waals surface area contributed by atoms with Crippen LogP contribution in [-0.2, 0) is 24.0 Å². The topological polar surface area (TPSA) is 18.5 Å². The Hall–Kier alpha value is -3.52. The molecule has 0 bridgehead atoms. The van der Waals surface area contributed by atoms with E-state index in [4.69, 9.17) is 9.47 Å². The number of hydrogen-bond acceptors (Lipinski definition) is 2. The van der Waals surface area contributed by atoms with Crippen LogP contribution in [-0.4, -0.2) is 31.2 Å². The van der Waals surface area contributed by atoms with Gasteiger partial charge in [-0.05, 0) is 78.8 Å². The minimum absolute atomic E-state index is 0.144. The lowest BCUT2D eigenvalue weighted by molar-refractivity contribution is -0.106. The molecule has 0 saturated heterocycles. The van der Waals surface area contributed by atoms with Gasteiger partial charge in [-0.15, -0.1) is 13.2 Å². The van der Waals surface area contributed by atoms with Gasteiger partial charge in [0.1, 0.15) is 6.61 Å². The average Bonchev–Trinajstić information content (AvgIpc) is 3.01. The van der Waals surface area contributed by atoms with Crippen molar-refractivity contribution in [1.29, 1.82) is 0 Å². The number of alkyl halides is 4. The molecule has 0 unspecified atom stereocenters.